The van der Waals surface area contributed by atoms with E-state index >= 15 is 0 Å². The van der Waals surface area contributed by atoms with Gasteiger partial charge in [-0.1, -0.05) is 17.7 Å². The maximum Gasteiger partial charge on any atom is 0.232 e. The van der Waals surface area contributed by atoms with Crippen LogP contribution < -0.4 is 10.2 Å². The molecule has 1 aromatic heterocycles. The molecule has 0 unspecified atom stereocenters. The third kappa shape index (κ3) is 3.91. The maximum atomic E-state index is 9.25. The first-order chi connectivity index (χ1) is 11.3. The van der Waals surface area contributed by atoms with Crippen LogP contribution in [-0.4, -0.2) is 31.2 Å². The number of nitrogens with one attached hydrogen (secondary N) is 2. The fourth-order valence-electron chi connectivity index (χ4n) is 2.99. The predicted molar refractivity (Wildman–Crippen MR) is 89.3 cm³/mol. The lowest BCUT2D eigenvalue weighted by molar-refractivity contribution is -0.903. The topological polar surface area (TPSA) is 66.3 Å². The summed E-state index contributed by atoms with van der Waals surface area (Å²) in [6, 6.07) is 10.1. The fourth-order valence-corrected chi connectivity index (χ4v) is 2.99. The number of rotatable bonds is 5. The van der Waals surface area contributed by atoms with Crippen LogP contribution in [0.15, 0.2) is 28.7 Å². The highest BCUT2D eigenvalue weighted by Crippen LogP contribution is 2.25. The third-order valence-electron chi connectivity index (χ3n) is 4.36. The second-order valence-corrected chi connectivity index (χ2v) is 6.16. The fraction of sp³-hybridized carbons (Fsp3) is 0.444. The number of quaternary nitrogens is 1. The Balaban J connectivity index is 1.64. The van der Waals surface area contributed by atoms with E-state index < -0.39 is 0 Å². The van der Waals surface area contributed by atoms with Crippen LogP contribution in [0, 0.1) is 18.3 Å². The molecule has 1 aliphatic heterocycles. The zero-order valence-electron chi connectivity index (χ0n) is 13.6. The molecule has 0 aliphatic carbocycles. The Bertz CT molecular complexity index is 678. The van der Waals surface area contributed by atoms with Gasteiger partial charge in [-0.3, -0.25) is 0 Å². The molecule has 0 amide bonds. The average molecular weight is 311 g/mol. The Morgan fingerprint density at radius 3 is 2.65 bits per heavy atom. The average Bonchev–Trinajstić information content (AvgIpc) is 3.00. The monoisotopic (exact) mass is 311 g/mol. The summed E-state index contributed by atoms with van der Waals surface area (Å²) in [5.41, 5.74) is 2.40. The number of nitrogens with zero attached hydrogens (tertiary/aromatic N) is 2. The van der Waals surface area contributed by atoms with Crippen LogP contribution in [0.2, 0.25) is 0 Å². The van der Waals surface area contributed by atoms with Crippen molar-refractivity contribution in [3.8, 4) is 17.5 Å². The van der Waals surface area contributed by atoms with E-state index in [1.54, 1.807) is 4.90 Å². The molecule has 120 valence electrons. The van der Waals surface area contributed by atoms with Gasteiger partial charge in [-0.05, 0) is 38.3 Å². The van der Waals surface area contributed by atoms with Gasteiger partial charge in [0.1, 0.15) is 6.07 Å². The summed E-state index contributed by atoms with van der Waals surface area (Å²) in [6.45, 7) is 6.38. The zero-order valence-corrected chi connectivity index (χ0v) is 13.6. The number of oxazole rings is 1. The van der Waals surface area contributed by atoms with Gasteiger partial charge in [-0.15, -0.1) is 0 Å². The molecule has 1 fully saturated rings. The van der Waals surface area contributed by atoms with E-state index in [4.69, 9.17) is 4.42 Å². The van der Waals surface area contributed by atoms with Gasteiger partial charge in [0.25, 0.3) is 0 Å². The van der Waals surface area contributed by atoms with Gasteiger partial charge in [0.15, 0.2) is 0 Å². The Morgan fingerprint density at radius 2 is 1.96 bits per heavy atom. The smallest absolute Gasteiger partial charge is 0.232 e. The highest BCUT2D eigenvalue weighted by Gasteiger charge is 2.16. The molecule has 5 nitrogen and oxygen atoms in total. The summed E-state index contributed by atoms with van der Waals surface area (Å²) in [6.07, 6.45) is 3.99. The quantitative estimate of drug-likeness (QED) is 0.886. The van der Waals surface area contributed by atoms with E-state index in [1.165, 1.54) is 37.9 Å². The standard InChI is InChI=1S/C18H22N4O/c1-14-5-7-15(8-6-14)17-21-16(13-19)18(23-17)20-9-12-22-10-3-2-4-11-22/h5-8,20H,2-4,9-12H2,1H3/p+1. The maximum absolute atomic E-state index is 9.25. The van der Waals surface area contributed by atoms with Gasteiger partial charge in [-0.25, -0.2) is 0 Å². The molecule has 0 bridgehead atoms. The van der Waals surface area contributed by atoms with Gasteiger partial charge in [0, 0.05) is 5.56 Å². The van der Waals surface area contributed by atoms with E-state index in [-0.39, 0.29) is 0 Å². The van der Waals surface area contributed by atoms with E-state index in [9.17, 15) is 5.26 Å². The lowest BCUT2D eigenvalue weighted by Crippen LogP contribution is -3.13. The molecule has 0 atom stereocenters. The van der Waals surface area contributed by atoms with Crippen LogP contribution in [0.4, 0.5) is 5.88 Å². The van der Waals surface area contributed by atoms with Crippen molar-refractivity contribution in [3.05, 3.63) is 35.5 Å². The first-order valence-electron chi connectivity index (χ1n) is 8.31. The van der Waals surface area contributed by atoms with Crippen molar-refractivity contribution in [1.29, 1.82) is 5.26 Å². The number of aromatic nitrogens is 1. The molecular formula is C18H23N4O+. The minimum atomic E-state index is 0.328. The van der Waals surface area contributed by atoms with Gasteiger partial charge < -0.3 is 14.6 Å². The molecule has 2 aromatic rings. The molecule has 0 radical (unpaired) electrons. The van der Waals surface area contributed by atoms with E-state index in [1.807, 2.05) is 31.2 Å². The minimum Gasteiger partial charge on any atom is -0.419 e. The number of hydrogen-bond acceptors (Lipinski definition) is 4. The van der Waals surface area contributed by atoms with Crippen molar-refractivity contribution in [2.24, 2.45) is 0 Å². The Morgan fingerprint density at radius 1 is 1.22 bits per heavy atom. The Kier molecular flexibility index (Phi) is 4.94. The highest BCUT2D eigenvalue weighted by molar-refractivity contribution is 5.59. The van der Waals surface area contributed by atoms with Crippen molar-refractivity contribution in [3.63, 3.8) is 0 Å². The van der Waals surface area contributed by atoms with Crippen molar-refractivity contribution in [2.75, 3.05) is 31.5 Å². The summed E-state index contributed by atoms with van der Waals surface area (Å²) >= 11 is 0. The molecule has 2 heterocycles. The number of aryl methyl sites for hydroxylation is 1. The lowest BCUT2D eigenvalue weighted by atomic mass is 10.1. The van der Waals surface area contributed by atoms with Gasteiger partial charge in [0.05, 0.1) is 26.2 Å². The lowest BCUT2D eigenvalue weighted by Gasteiger charge is -2.23. The Labute approximate surface area is 136 Å². The highest BCUT2D eigenvalue weighted by atomic mass is 16.4. The van der Waals surface area contributed by atoms with Crippen LogP contribution in [0.1, 0.15) is 30.5 Å². The molecule has 1 aliphatic rings. The van der Waals surface area contributed by atoms with Crippen LogP contribution in [0.25, 0.3) is 11.5 Å². The minimum absolute atomic E-state index is 0.328. The van der Waals surface area contributed by atoms with Crippen LogP contribution in [-0.2, 0) is 0 Å². The Hall–Kier alpha value is -2.32. The second kappa shape index (κ2) is 7.30. The first-order valence-corrected chi connectivity index (χ1v) is 8.31. The van der Waals surface area contributed by atoms with E-state index in [2.05, 4.69) is 16.4 Å². The zero-order chi connectivity index (χ0) is 16.1. The van der Waals surface area contributed by atoms with Gasteiger partial charge in [0.2, 0.25) is 17.5 Å². The normalized spacial score (nSPS) is 15.3. The molecule has 0 spiro atoms. The molecule has 1 aromatic carbocycles. The number of piperidine rings is 1. The van der Waals surface area contributed by atoms with E-state index in [0.717, 1.165) is 18.7 Å². The summed E-state index contributed by atoms with van der Waals surface area (Å²) in [5, 5.41) is 12.5. The third-order valence-corrected chi connectivity index (χ3v) is 4.36. The molecule has 5 heteroatoms. The molecule has 3 rings (SSSR count). The van der Waals surface area contributed by atoms with Gasteiger partial charge in [-0.2, -0.15) is 10.2 Å². The van der Waals surface area contributed by atoms with Crippen LogP contribution >= 0.6 is 0 Å². The summed E-state index contributed by atoms with van der Waals surface area (Å²) in [4.78, 5) is 5.92. The van der Waals surface area contributed by atoms with Crippen LogP contribution in [0.3, 0.4) is 0 Å². The summed E-state index contributed by atoms with van der Waals surface area (Å²) in [7, 11) is 0. The first kappa shape index (κ1) is 15.6. The molecule has 1 saturated heterocycles. The predicted octanol–water partition coefficient (Wildman–Crippen LogP) is 2.00. The van der Waals surface area contributed by atoms with E-state index in [0.29, 0.717) is 17.5 Å². The number of likely N-dealkylation sites (tertiary alicyclic amines) is 1. The molecule has 23 heavy (non-hydrogen) atoms. The van der Waals surface area contributed by atoms with Crippen LogP contribution in [0.5, 0.6) is 0 Å². The number of benzene rings is 1. The second-order valence-electron chi connectivity index (χ2n) is 6.16. The number of anilines is 1. The van der Waals surface area contributed by atoms with Crippen molar-refractivity contribution < 1.29 is 9.32 Å². The van der Waals surface area contributed by atoms with Crippen molar-refractivity contribution >= 4 is 5.88 Å². The number of hydrogen-bond donors (Lipinski definition) is 2. The molecular weight excluding hydrogens is 288 g/mol. The summed E-state index contributed by atoms with van der Waals surface area (Å²) < 4.78 is 5.77. The van der Waals surface area contributed by atoms with Crippen molar-refractivity contribution in [2.45, 2.75) is 26.2 Å². The summed E-state index contributed by atoms with van der Waals surface area (Å²) in [5.74, 6) is 0.980. The SMILES string of the molecule is Cc1ccc(-c2nc(C#N)c(NCC[NH+]3CCCCC3)o2)cc1. The number of nitriles is 1. The largest absolute Gasteiger partial charge is 0.419 e. The van der Waals surface area contributed by atoms with Gasteiger partial charge >= 0.3 is 0 Å². The molecule has 0 saturated carbocycles. The molecule has 2 N–H and O–H groups in total. The van der Waals surface area contributed by atoms with Crippen molar-refractivity contribution in [1.82, 2.24) is 4.98 Å².